The van der Waals surface area contributed by atoms with Crippen LogP contribution in [0.25, 0.3) is 28.2 Å². The van der Waals surface area contributed by atoms with Gasteiger partial charge in [0, 0.05) is 22.4 Å². The molecular weight excluding hydrogens is 558 g/mol. The van der Waals surface area contributed by atoms with E-state index in [4.69, 9.17) is 9.40 Å². The standard InChI is InChI=1S/C35H31N3O4S/c39-35(38-43(40,41)30-20-8-3-9-21-30)36-29-19-12-13-25(24-29)23-28-18-10-11-22-31(28)34-37-32(26-14-4-1-5-15-26)33(42-34)27-16-6-2-7-17-27/h1-9,12-17,19-22,24,28H,10-11,18,23H2,(H2,36,38,39). The van der Waals surface area contributed by atoms with Gasteiger partial charge in [0.05, 0.1) is 4.90 Å². The van der Waals surface area contributed by atoms with Crippen LogP contribution in [0.4, 0.5) is 10.5 Å². The maximum Gasteiger partial charge on any atom is 0.333 e. The maximum absolute atomic E-state index is 12.6. The molecule has 0 radical (unpaired) electrons. The first-order valence-corrected chi connectivity index (χ1v) is 15.7. The van der Waals surface area contributed by atoms with E-state index in [1.807, 2.05) is 78.9 Å². The van der Waals surface area contributed by atoms with Crippen molar-refractivity contribution in [1.82, 2.24) is 9.71 Å². The zero-order chi connectivity index (χ0) is 29.6. The number of urea groups is 1. The predicted molar refractivity (Wildman–Crippen MR) is 169 cm³/mol. The first kappa shape index (κ1) is 28.2. The third-order valence-electron chi connectivity index (χ3n) is 7.47. The van der Waals surface area contributed by atoms with Crippen molar-refractivity contribution in [1.29, 1.82) is 0 Å². The molecule has 1 unspecified atom stereocenters. The van der Waals surface area contributed by atoms with Gasteiger partial charge in [-0.2, -0.15) is 0 Å². The Morgan fingerprint density at radius 1 is 0.837 bits per heavy atom. The van der Waals surface area contributed by atoms with E-state index in [2.05, 4.69) is 16.1 Å². The highest BCUT2D eigenvalue weighted by atomic mass is 32.2. The molecule has 1 aliphatic rings. The Kier molecular flexibility index (Phi) is 8.20. The average molecular weight is 590 g/mol. The number of rotatable bonds is 8. The molecule has 8 heteroatoms. The number of carbonyl (C=O) groups is 1. The number of hydrogen-bond donors (Lipinski definition) is 2. The van der Waals surface area contributed by atoms with Crippen molar-refractivity contribution in [2.45, 2.75) is 30.6 Å². The minimum Gasteiger partial charge on any atom is -0.436 e. The molecule has 0 saturated heterocycles. The van der Waals surface area contributed by atoms with Gasteiger partial charge < -0.3 is 9.73 Å². The predicted octanol–water partition coefficient (Wildman–Crippen LogP) is 7.95. The van der Waals surface area contributed by atoms with Crippen LogP contribution in [0.1, 0.15) is 30.7 Å². The molecule has 43 heavy (non-hydrogen) atoms. The van der Waals surface area contributed by atoms with Gasteiger partial charge >= 0.3 is 6.03 Å². The van der Waals surface area contributed by atoms with E-state index in [1.54, 1.807) is 24.3 Å². The smallest absolute Gasteiger partial charge is 0.333 e. The molecule has 0 aliphatic heterocycles. The van der Waals surface area contributed by atoms with Gasteiger partial charge in [0.15, 0.2) is 5.76 Å². The van der Waals surface area contributed by atoms with Crippen molar-refractivity contribution >= 4 is 27.3 Å². The normalized spacial score (nSPS) is 15.0. The van der Waals surface area contributed by atoms with Gasteiger partial charge in [0.2, 0.25) is 5.89 Å². The second-order valence-electron chi connectivity index (χ2n) is 10.5. The number of carbonyl (C=O) groups excluding carboxylic acids is 1. The van der Waals surface area contributed by atoms with Crippen LogP contribution in [-0.2, 0) is 16.4 Å². The van der Waals surface area contributed by atoms with Crippen LogP contribution >= 0.6 is 0 Å². The fourth-order valence-corrected chi connectivity index (χ4v) is 6.36. The fraction of sp³-hybridized carbons (Fsp3) is 0.143. The van der Waals surface area contributed by atoms with E-state index in [9.17, 15) is 13.2 Å². The first-order valence-electron chi connectivity index (χ1n) is 14.3. The molecule has 216 valence electrons. The number of nitrogens with one attached hydrogen (secondary N) is 2. The molecule has 0 spiro atoms. The van der Waals surface area contributed by atoms with Gasteiger partial charge in [-0.15, -0.1) is 0 Å². The highest BCUT2D eigenvalue weighted by Gasteiger charge is 2.26. The quantitative estimate of drug-likeness (QED) is 0.191. The van der Waals surface area contributed by atoms with E-state index in [-0.39, 0.29) is 10.8 Å². The SMILES string of the molecule is O=C(Nc1cccc(CC2CCCC=C2c2nc(-c3ccccc3)c(-c3ccccc3)o2)c1)NS(=O)(=O)c1ccccc1. The summed E-state index contributed by atoms with van der Waals surface area (Å²) in [5.41, 5.74) is 5.38. The van der Waals surface area contributed by atoms with Crippen molar-refractivity contribution in [3.8, 4) is 22.6 Å². The van der Waals surface area contributed by atoms with Gasteiger partial charge in [-0.3, -0.25) is 0 Å². The van der Waals surface area contributed by atoms with Crippen LogP contribution in [0.3, 0.4) is 0 Å². The summed E-state index contributed by atoms with van der Waals surface area (Å²) in [6, 6.07) is 34.6. The lowest BCUT2D eigenvalue weighted by atomic mass is 9.83. The average Bonchev–Trinajstić information content (AvgIpc) is 3.48. The number of aromatic nitrogens is 1. The van der Waals surface area contributed by atoms with Gasteiger partial charge in [-0.1, -0.05) is 97.1 Å². The zero-order valence-electron chi connectivity index (χ0n) is 23.4. The number of sulfonamides is 1. The number of amides is 2. The Morgan fingerprint density at radius 2 is 1.51 bits per heavy atom. The summed E-state index contributed by atoms with van der Waals surface area (Å²) < 4.78 is 33.7. The summed E-state index contributed by atoms with van der Waals surface area (Å²) in [5, 5.41) is 2.66. The lowest BCUT2D eigenvalue weighted by Crippen LogP contribution is -2.34. The molecule has 2 N–H and O–H groups in total. The number of anilines is 1. The van der Waals surface area contributed by atoms with Gasteiger partial charge in [-0.25, -0.2) is 22.9 Å². The fourth-order valence-electron chi connectivity index (χ4n) is 5.44. The van der Waals surface area contributed by atoms with Crippen molar-refractivity contribution in [3.05, 3.63) is 133 Å². The molecule has 0 saturated carbocycles. The van der Waals surface area contributed by atoms with E-state index in [0.717, 1.165) is 59.4 Å². The molecule has 7 nitrogen and oxygen atoms in total. The lowest BCUT2D eigenvalue weighted by Gasteiger charge is -2.22. The van der Waals surface area contributed by atoms with Crippen LogP contribution in [-0.4, -0.2) is 19.4 Å². The van der Waals surface area contributed by atoms with E-state index in [1.165, 1.54) is 12.1 Å². The largest absolute Gasteiger partial charge is 0.436 e. The second-order valence-corrected chi connectivity index (χ2v) is 12.2. The number of hydrogen-bond acceptors (Lipinski definition) is 5. The zero-order valence-corrected chi connectivity index (χ0v) is 24.3. The summed E-state index contributed by atoms with van der Waals surface area (Å²) in [6.07, 6.45) is 5.93. The Hall–Kier alpha value is -4.95. The molecule has 0 fully saturated rings. The summed E-state index contributed by atoms with van der Waals surface area (Å²) >= 11 is 0. The number of oxazole rings is 1. The molecule has 1 heterocycles. The van der Waals surface area contributed by atoms with E-state index >= 15 is 0 Å². The molecule has 1 aliphatic carbocycles. The van der Waals surface area contributed by atoms with Crippen molar-refractivity contribution in [3.63, 3.8) is 0 Å². The number of benzene rings is 4. The topological polar surface area (TPSA) is 101 Å². The van der Waals surface area contributed by atoms with Gasteiger partial charge in [0.1, 0.15) is 5.69 Å². The van der Waals surface area contributed by atoms with Crippen LogP contribution in [0.15, 0.2) is 131 Å². The summed E-state index contributed by atoms with van der Waals surface area (Å²) in [6.45, 7) is 0. The maximum atomic E-state index is 12.6. The molecule has 1 aromatic heterocycles. The monoisotopic (exact) mass is 589 g/mol. The summed E-state index contributed by atoms with van der Waals surface area (Å²) in [5.74, 6) is 1.54. The Labute approximate surface area is 251 Å². The third-order valence-corrected chi connectivity index (χ3v) is 8.81. The summed E-state index contributed by atoms with van der Waals surface area (Å²) in [7, 11) is -3.98. The summed E-state index contributed by atoms with van der Waals surface area (Å²) in [4.78, 5) is 17.6. The molecule has 0 bridgehead atoms. The number of allylic oxidation sites excluding steroid dienone is 2. The van der Waals surface area contributed by atoms with Crippen molar-refractivity contribution in [2.75, 3.05) is 5.32 Å². The highest BCUT2D eigenvalue weighted by Crippen LogP contribution is 2.40. The Morgan fingerprint density at radius 3 is 2.23 bits per heavy atom. The molecule has 4 aromatic carbocycles. The molecule has 6 rings (SSSR count). The van der Waals surface area contributed by atoms with E-state index < -0.39 is 16.1 Å². The lowest BCUT2D eigenvalue weighted by molar-refractivity contribution is 0.256. The minimum absolute atomic E-state index is 0.0212. The van der Waals surface area contributed by atoms with Crippen LogP contribution in [0.2, 0.25) is 0 Å². The minimum atomic E-state index is -3.98. The molecule has 5 aromatic rings. The van der Waals surface area contributed by atoms with Gasteiger partial charge in [-0.05, 0) is 61.4 Å². The third kappa shape index (κ3) is 6.60. The Bertz CT molecular complexity index is 1790. The van der Waals surface area contributed by atoms with Crippen molar-refractivity contribution in [2.24, 2.45) is 5.92 Å². The van der Waals surface area contributed by atoms with E-state index in [0.29, 0.717) is 11.6 Å². The first-order chi connectivity index (χ1) is 21.0. The van der Waals surface area contributed by atoms with Gasteiger partial charge in [0.25, 0.3) is 10.0 Å². The molecule has 1 atom stereocenters. The van der Waals surface area contributed by atoms with Crippen LogP contribution in [0.5, 0.6) is 0 Å². The van der Waals surface area contributed by atoms with Crippen LogP contribution in [0, 0.1) is 5.92 Å². The Balaban J connectivity index is 1.22. The molecule has 2 amide bonds. The van der Waals surface area contributed by atoms with Crippen LogP contribution < -0.4 is 10.0 Å². The van der Waals surface area contributed by atoms with Crippen molar-refractivity contribution < 1.29 is 17.6 Å². The number of nitrogens with zero attached hydrogens (tertiary/aromatic N) is 1. The highest BCUT2D eigenvalue weighted by molar-refractivity contribution is 7.90. The molecular formula is C35H31N3O4S. The second kappa shape index (κ2) is 12.5.